The smallest absolute Gasteiger partial charge is 0.343 e. The molecule has 0 saturated heterocycles. The molecule has 0 saturated carbocycles. The normalized spacial score (nSPS) is 10.6. The van der Waals surface area contributed by atoms with Crippen molar-refractivity contribution in [1.82, 2.24) is 5.43 Å². The van der Waals surface area contributed by atoms with Crippen molar-refractivity contribution in [3.05, 3.63) is 93.5 Å². The van der Waals surface area contributed by atoms with Crippen molar-refractivity contribution in [2.45, 2.75) is 6.92 Å². The van der Waals surface area contributed by atoms with Crippen LogP contribution in [0.25, 0.3) is 0 Å². The van der Waals surface area contributed by atoms with Crippen LogP contribution in [0, 0.1) is 6.92 Å². The Labute approximate surface area is 194 Å². The SMILES string of the molecule is Cc1ccccc1C(=O)Oc1ccc(/C=N/NC(=O)C(=O)Nc2ccc(Cl)c(Cl)c2)cc1. The number of anilines is 1. The maximum Gasteiger partial charge on any atom is 0.343 e. The van der Waals surface area contributed by atoms with Crippen LogP contribution in [-0.2, 0) is 9.59 Å². The number of rotatable bonds is 5. The van der Waals surface area contributed by atoms with Crippen LogP contribution in [0.5, 0.6) is 5.75 Å². The van der Waals surface area contributed by atoms with Gasteiger partial charge in [0.25, 0.3) is 0 Å². The zero-order valence-corrected chi connectivity index (χ0v) is 18.3. The summed E-state index contributed by atoms with van der Waals surface area (Å²) in [5.74, 6) is -1.97. The molecule has 0 fully saturated rings. The summed E-state index contributed by atoms with van der Waals surface area (Å²) in [6.07, 6.45) is 1.34. The van der Waals surface area contributed by atoms with E-state index in [2.05, 4.69) is 15.8 Å². The minimum atomic E-state index is -0.962. The number of halogens is 2. The number of amides is 2. The van der Waals surface area contributed by atoms with Gasteiger partial charge in [-0.05, 0) is 66.6 Å². The number of hydrogen-bond acceptors (Lipinski definition) is 5. The van der Waals surface area contributed by atoms with Crippen molar-refractivity contribution in [3.8, 4) is 5.75 Å². The van der Waals surface area contributed by atoms with E-state index in [-0.39, 0.29) is 5.02 Å². The first-order chi connectivity index (χ1) is 15.3. The Kier molecular flexibility index (Phi) is 7.59. The summed E-state index contributed by atoms with van der Waals surface area (Å²) in [5, 5.41) is 6.71. The van der Waals surface area contributed by atoms with E-state index in [0.29, 0.717) is 27.6 Å². The highest BCUT2D eigenvalue weighted by Gasteiger charge is 2.14. The molecule has 0 heterocycles. The van der Waals surface area contributed by atoms with Crippen molar-refractivity contribution >= 4 is 52.9 Å². The third-order valence-electron chi connectivity index (χ3n) is 4.22. The second-order valence-corrected chi connectivity index (χ2v) is 7.37. The number of hydrogen-bond donors (Lipinski definition) is 2. The summed E-state index contributed by atoms with van der Waals surface area (Å²) in [6, 6.07) is 18.0. The number of benzene rings is 3. The molecule has 2 amide bonds. The van der Waals surface area contributed by atoms with Crippen molar-refractivity contribution in [1.29, 1.82) is 0 Å². The Morgan fingerprint density at radius 2 is 1.62 bits per heavy atom. The Morgan fingerprint density at radius 1 is 0.906 bits per heavy atom. The molecule has 7 nitrogen and oxygen atoms in total. The van der Waals surface area contributed by atoms with Gasteiger partial charge < -0.3 is 10.1 Å². The van der Waals surface area contributed by atoms with Crippen molar-refractivity contribution in [2.24, 2.45) is 5.10 Å². The molecule has 0 atom stereocenters. The molecule has 0 aliphatic heterocycles. The predicted octanol–water partition coefficient (Wildman–Crippen LogP) is 4.61. The molecule has 0 aromatic heterocycles. The topological polar surface area (TPSA) is 96.9 Å². The van der Waals surface area contributed by atoms with Crippen LogP contribution in [0.1, 0.15) is 21.5 Å². The molecule has 0 aliphatic rings. The van der Waals surface area contributed by atoms with Gasteiger partial charge in [-0.15, -0.1) is 0 Å². The van der Waals surface area contributed by atoms with Crippen LogP contribution in [-0.4, -0.2) is 24.0 Å². The van der Waals surface area contributed by atoms with Gasteiger partial charge in [-0.1, -0.05) is 41.4 Å². The van der Waals surface area contributed by atoms with E-state index in [1.165, 1.54) is 24.4 Å². The number of esters is 1. The lowest BCUT2D eigenvalue weighted by atomic mass is 10.1. The monoisotopic (exact) mass is 469 g/mol. The van der Waals surface area contributed by atoms with E-state index in [4.69, 9.17) is 27.9 Å². The summed E-state index contributed by atoms with van der Waals surface area (Å²) in [4.78, 5) is 36.0. The van der Waals surface area contributed by atoms with E-state index in [1.54, 1.807) is 36.4 Å². The van der Waals surface area contributed by atoms with Gasteiger partial charge in [0.15, 0.2) is 0 Å². The van der Waals surface area contributed by atoms with Crippen molar-refractivity contribution < 1.29 is 19.1 Å². The zero-order chi connectivity index (χ0) is 23.1. The molecule has 0 radical (unpaired) electrons. The second kappa shape index (κ2) is 10.6. The molecular formula is C23H17Cl2N3O4. The lowest BCUT2D eigenvalue weighted by molar-refractivity contribution is -0.136. The van der Waals surface area contributed by atoms with Crippen LogP contribution < -0.4 is 15.5 Å². The van der Waals surface area contributed by atoms with Crippen molar-refractivity contribution in [2.75, 3.05) is 5.32 Å². The van der Waals surface area contributed by atoms with Crippen LogP contribution in [0.3, 0.4) is 0 Å². The average molecular weight is 470 g/mol. The summed E-state index contributed by atoms with van der Waals surface area (Å²) in [7, 11) is 0. The third kappa shape index (κ3) is 6.16. The van der Waals surface area contributed by atoms with E-state index >= 15 is 0 Å². The minimum Gasteiger partial charge on any atom is -0.423 e. The number of nitrogens with zero attached hydrogens (tertiary/aromatic N) is 1. The lowest BCUT2D eigenvalue weighted by Gasteiger charge is -2.06. The molecule has 32 heavy (non-hydrogen) atoms. The molecule has 0 bridgehead atoms. The van der Waals surface area contributed by atoms with Gasteiger partial charge in [-0.3, -0.25) is 9.59 Å². The fraction of sp³-hybridized carbons (Fsp3) is 0.0435. The lowest BCUT2D eigenvalue weighted by Crippen LogP contribution is -2.32. The standard InChI is InChI=1S/C23H17Cl2N3O4/c1-14-4-2-3-5-18(14)23(31)32-17-9-6-15(7-10-17)13-26-28-22(30)21(29)27-16-8-11-19(24)20(25)12-16/h2-13H,1H3,(H,27,29)(H,28,30)/b26-13+. The highest BCUT2D eigenvalue weighted by molar-refractivity contribution is 6.43. The minimum absolute atomic E-state index is 0.246. The molecule has 0 unspecified atom stereocenters. The maximum absolute atomic E-state index is 12.2. The number of nitrogens with one attached hydrogen (secondary N) is 2. The molecule has 3 aromatic rings. The number of carbonyl (C=O) groups is 3. The first-order valence-corrected chi connectivity index (χ1v) is 10.1. The van der Waals surface area contributed by atoms with Crippen LogP contribution in [0.4, 0.5) is 5.69 Å². The zero-order valence-electron chi connectivity index (χ0n) is 16.8. The molecule has 3 rings (SSSR count). The van der Waals surface area contributed by atoms with E-state index in [0.717, 1.165) is 5.56 Å². The highest BCUT2D eigenvalue weighted by atomic mass is 35.5. The Bertz CT molecular complexity index is 1190. The highest BCUT2D eigenvalue weighted by Crippen LogP contribution is 2.24. The summed E-state index contributed by atoms with van der Waals surface area (Å²) >= 11 is 11.7. The van der Waals surface area contributed by atoms with Crippen LogP contribution in [0.2, 0.25) is 10.0 Å². The number of carbonyl (C=O) groups excluding carboxylic acids is 3. The Hall–Kier alpha value is -3.68. The summed E-state index contributed by atoms with van der Waals surface area (Å²) in [5.41, 5.74) is 4.37. The third-order valence-corrected chi connectivity index (χ3v) is 4.96. The molecule has 0 aliphatic carbocycles. The number of ether oxygens (including phenoxy) is 1. The first kappa shape index (κ1) is 23.0. The number of aryl methyl sites for hydroxylation is 1. The predicted molar refractivity (Wildman–Crippen MR) is 123 cm³/mol. The fourth-order valence-corrected chi connectivity index (χ4v) is 2.86. The molecular weight excluding hydrogens is 453 g/mol. The van der Waals surface area contributed by atoms with Crippen LogP contribution >= 0.6 is 23.2 Å². The second-order valence-electron chi connectivity index (χ2n) is 6.56. The van der Waals surface area contributed by atoms with E-state index in [1.807, 2.05) is 19.1 Å². The maximum atomic E-state index is 12.2. The van der Waals surface area contributed by atoms with E-state index in [9.17, 15) is 14.4 Å². The van der Waals surface area contributed by atoms with Gasteiger partial charge in [-0.25, -0.2) is 10.2 Å². The van der Waals surface area contributed by atoms with Gasteiger partial charge in [0.2, 0.25) is 0 Å². The average Bonchev–Trinajstić information content (AvgIpc) is 2.77. The van der Waals surface area contributed by atoms with Gasteiger partial charge in [0, 0.05) is 5.69 Å². The van der Waals surface area contributed by atoms with Gasteiger partial charge in [0.05, 0.1) is 21.8 Å². The molecule has 3 aromatic carbocycles. The molecule has 0 spiro atoms. The molecule has 2 N–H and O–H groups in total. The summed E-state index contributed by atoms with van der Waals surface area (Å²) < 4.78 is 5.36. The number of hydrazone groups is 1. The molecule has 9 heteroatoms. The van der Waals surface area contributed by atoms with Crippen molar-refractivity contribution in [3.63, 3.8) is 0 Å². The van der Waals surface area contributed by atoms with Gasteiger partial charge in [0.1, 0.15) is 5.75 Å². The van der Waals surface area contributed by atoms with Gasteiger partial charge in [-0.2, -0.15) is 5.10 Å². The largest absolute Gasteiger partial charge is 0.423 e. The quantitative estimate of drug-likeness (QED) is 0.187. The molecule has 162 valence electrons. The van der Waals surface area contributed by atoms with E-state index < -0.39 is 17.8 Å². The van der Waals surface area contributed by atoms with Crippen LogP contribution in [0.15, 0.2) is 71.8 Å². The summed E-state index contributed by atoms with van der Waals surface area (Å²) in [6.45, 7) is 1.83. The Morgan fingerprint density at radius 3 is 2.31 bits per heavy atom. The Balaban J connectivity index is 1.52. The van der Waals surface area contributed by atoms with Gasteiger partial charge >= 0.3 is 17.8 Å². The fourth-order valence-electron chi connectivity index (χ4n) is 2.56. The first-order valence-electron chi connectivity index (χ1n) is 9.31.